The summed E-state index contributed by atoms with van der Waals surface area (Å²) in [6.45, 7) is 1.99. The molecule has 2 amide bonds. The summed E-state index contributed by atoms with van der Waals surface area (Å²) in [5.41, 5.74) is 5.88. The van der Waals surface area contributed by atoms with Crippen LogP contribution in [0.5, 0.6) is 0 Å². The van der Waals surface area contributed by atoms with Crippen LogP contribution in [-0.2, 0) is 11.2 Å². The second-order valence-corrected chi connectivity index (χ2v) is 9.29. The minimum absolute atomic E-state index is 0.0352. The minimum Gasteiger partial charge on any atom is -0.481 e. The Morgan fingerprint density at radius 2 is 1.24 bits per heavy atom. The first-order valence-corrected chi connectivity index (χ1v) is 12.5. The smallest absolute Gasteiger partial charge is 0.323 e. The van der Waals surface area contributed by atoms with Crippen LogP contribution in [0.2, 0.25) is 0 Å². The number of anilines is 2. The molecule has 1 atom stereocenters. The molecule has 3 N–H and O–H groups in total. The predicted molar refractivity (Wildman–Crippen MR) is 151 cm³/mol. The van der Waals surface area contributed by atoms with E-state index in [0.717, 1.165) is 22.3 Å². The van der Waals surface area contributed by atoms with Crippen LogP contribution in [0.4, 0.5) is 16.2 Å². The first-order valence-electron chi connectivity index (χ1n) is 12.5. The maximum Gasteiger partial charge on any atom is 0.323 e. The van der Waals surface area contributed by atoms with E-state index in [1.807, 2.05) is 97.9 Å². The summed E-state index contributed by atoms with van der Waals surface area (Å²) < 4.78 is 0. The molecule has 0 aliphatic heterocycles. The lowest BCUT2D eigenvalue weighted by Crippen LogP contribution is -2.19. The zero-order valence-corrected chi connectivity index (χ0v) is 21.2. The zero-order valence-electron chi connectivity index (χ0n) is 21.2. The highest BCUT2D eigenvalue weighted by Crippen LogP contribution is 2.24. The number of ketones is 1. The van der Waals surface area contributed by atoms with Gasteiger partial charge in [0.15, 0.2) is 5.78 Å². The van der Waals surface area contributed by atoms with E-state index in [-0.39, 0.29) is 18.2 Å². The second kappa shape index (κ2) is 12.5. The molecule has 0 bridgehead atoms. The molecule has 0 aliphatic rings. The van der Waals surface area contributed by atoms with Crippen molar-refractivity contribution < 1.29 is 19.5 Å². The van der Waals surface area contributed by atoms with Gasteiger partial charge in [0, 0.05) is 23.4 Å². The van der Waals surface area contributed by atoms with Crippen LogP contribution in [-0.4, -0.2) is 22.9 Å². The number of nitrogens with one attached hydrogen (secondary N) is 2. The molecule has 0 aromatic heterocycles. The Balaban J connectivity index is 1.32. The normalized spacial score (nSPS) is 11.4. The van der Waals surface area contributed by atoms with Crippen molar-refractivity contribution >= 4 is 29.2 Å². The number of aliphatic carboxylic acids is 1. The van der Waals surface area contributed by atoms with E-state index in [1.54, 1.807) is 12.1 Å². The van der Waals surface area contributed by atoms with Gasteiger partial charge in [-0.25, -0.2) is 4.79 Å². The summed E-state index contributed by atoms with van der Waals surface area (Å²) in [5, 5.41) is 15.2. The molecule has 0 saturated heterocycles. The maximum absolute atomic E-state index is 12.8. The molecule has 4 aromatic rings. The van der Waals surface area contributed by atoms with Gasteiger partial charge < -0.3 is 15.7 Å². The highest BCUT2D eigenvalue weighted by atomic mass is 16.4. The number of aryl methyl sites for hydroxylation is 2. The molecule has 0 radical (unpaired) electrons. The fraction of sp³-hybridized carbons (Fsp3) is 0.156. The van der Waals surface area contributed by atoms with Crippen LogP contribution in [0.3, 0.4) is 0 Å². The third-order valence-electron chi connectivity index (χ3n) is 6.40. The summed E-state index contributed by atoms with van der Waals surface area (Å²) in [6, 6.07) is 31.5. The van der Waals surface area contributed by atoms with Gasteiger partial charge in [-0.05, 0) is 60.7 Å². The Kier molecular flexibility index (Phi) is 8.67. The number of carbonyl (C=O) groups excluding carboxylic acids is 2. The Bertz CT molecular complexity index is 1380. The molecule has 4 aromatic carbocycles. The molecule has 0 spiro atoms. The van der Waals surface area contributed by atoms with Gasteiger partial charge in [-0.1, -0.05) is 84.4 Å². The second-order valence-electron chi connectivity index (χ2n) is 9.29. The number of carboxylic acids is 1. The molecule has 38 heavy (non-hydrogen) atoms. The maximum atomic E-state index is 12.8. The van der Waals surface area contributed by atoms with Crippen LogP contribution < -0.4 is 10.6 Å². The van der Waals surface area contributed by atoms with E-state index in [1.165, 1.54) is 0 Å². The van der Waals surface area contributed by atoms with Crippen LogP contribution in [0, 0.1) is 12.8 Å². The zero-order chi connectivity index (χ0) is 26.9. The van der Waals surface area contributed by atoms with Gasteiger partial charge in [0.05, 0.1) is 5.92 Å². The Hall–Kier alpha value is -4.71. The SMILES string of the molecule is Cc1ccc(NC(=O)Nc2ccc(-c3ccc(C(=O)CC(CCc4ccccc4)C(=O)O)cc3)cc2)cc1. The summed E-state index contributed by atoms with van der Waals surface area (Å²) in [4.78, 5) is 36.8. The molecule has 0 heterocycles. The number of rotatable bonds is 10. The lowest BCUT2D eigenvalue weighted by atomic mass is 9.92. The summed E-state index contributed by atoms with van der Waals surface area (Å²) in [7, 11) is 0. The van der Waals surface area contributed by atoms with Gasteiger partial charge in [0.25, 0.3) is 0 Å². The van der Waals surface area contributed by atoms with Crippen molar-refractivity contribution in [2.75, 3.05) is 10.6 Å². The molecule has 6 nitrogen and oxygen atoms in total. The van der Waals surface area contributed by atoms with Gasteiger partial charge in [-0.2, -0.15) is 0 Å². The number of hydrogen-bond acceptors (Lipinski definition) is 3. The lowest BCUT2D eigenvalue weighted by molar-refractivity contribution is -0.141. The molecular formula is C32H30N2O4. The summed E-state index contributed by atoms with van der Waals surface area (Å²) >= 11 is 0. The first-order chi connectivity index (χ1) is 18.4. The minimum atomic E-state index is -0.952. The largest absolute Gasteiger partial charge is 0.481 e. The van der Waals surface area contributed by atoms with E-state index < -0.39 is 11.9 Å². The van der Waals surface area contributed by atoms with E-state index in [9.17, 15) is 19.5 Å². The molecule has 1 unspecified atom stereocenters. The van der Waals surface area contributed by atoms with Gasteiger partial charge in [0.2, 0.25) is 0 Å². The number of benzene rings is 4. The van der Waals surface area contributed by atoms with E-state index >= 15 is 0 Å². The highest BCUT2D eigenvalue weighted by Gasteiger charge is 2.22. The van der Waals surface area contributed by atoms with Crippen molar-refractivity contribution in [1.82, 2.24) is 0 Å². The highest BCUT2D eigenvalue weighted by molar-refractivity contribution is 6.00. The Morgan fingerprint density at radius 3 is 1.79 bits per heavy atom. The Morgan fingerprint density at radius 1 is 0.711 bits per heavy atom. The molecular weight excluding hydrogens is 476 g/mol. The number of urea groups is 1. The van der Waals surface area contributed by atoms with Crippen molar-refractivity contribution in [3.63, 3.8) is 0 Å². The van der Waals surface area contributed by atoms with Crippen molar-refractivity contribution in [2.45, 2.75) is 26.2 Å². The van der Waals surface area contributed by atoms with E-state index in [2.05, 4.69) is 10.6 Å². The fourth-order valence-corrected chi connectivity index (χ4v) is 4.16. The average Bonchev–Trinajstić information content (AvgIpc) is 2.93. The average molecular weight is 507 g/mol. The van der Waals surface area contributed by atoms with Crippen molar-refractivity contribution in [3.05, 3.63) is 120 Å². The third kappa shape index (κ3) is 7.40. The van der Waals surface area contributed by atoms with Crippen molar-refractivity contribution in [3.8, 4) is 11.1 Å². The molecule has 4 rings (SSSR count). The van der Waals surface area contributed by atoms with Crippen LogP contribution in [0.15, 0.2) is 103 Å². The first kappa shape index (κ1) is 26.4. The van der Waals surface area contributed by atoms with Gasteiger partial charge in [-0.3, -0.25) is 9.59 Å². The van der Waals surface area contributed by atoms with Crippen LogP contribution in [0.25, 0.3) is 11.1 Å². The monoisotopic (exact) mass is 506 g/mol. The fourth-order valence-electron chi connectivity index (χ4n) is 4.16. The number of amides is 2. The summed E-state index contributed by atoms with van der Waals surface area (Å²) in [6.07, 6.45) is 0.988. The van der Waals surface area contributed by atoms with Crippen molar-refractivity contribution in [2.24, 2.45) is 5.92 Å². The van der Waals surface area contributed by atoms with E-state index in [4.69, 9.17) is 0 Å². The predicted octanol–water partition coefficient (Wildman–Crippen LogP) is 7.21. The molecule has 0 aliphatic carbocycles. The molecule has 192 valence electrons. The number of hydrogen-bond donors (Lipinski definition) is 3. The van der Waals surface area contributed by atoms with Gasteiger partial charge in [0.1, 0.15) is 0 Å². The van der Waals surface area contributed by atoms with Gasteiger partial charge in [-0.15, -0.1) is 0 Å². The van der Waals surface area contributed by atoms with Crippen molar-refractivity contribution in [1.29, 1.82) is 0 Å². The third-order valence-corrected chi connectivity index (χ3v) is 6.40. The molecule has 6 heteroatoms. The van der Waals surface area contributed by atoms with Crippen LogP contribution in [0.1, 0.15) is 34.3 Å². The quantitative estimate of drug-likeness (QED) is 0.198. The van der Waals surface area contributed by atoms with Crippen LogP contribution >= 0.6 is 0 Å². The van der Waals surface area contributed by atoms with E-state index in [0.29, 0.717) is 29.8 Å². The lowest BCUT2D eigenvalue weighted by Gasteiger charge is -2.12. The number of carboxylic acid groups (broad SMARTS) is 1. The standard InChI is InChI=1S/C32H30N2O4/c1-22-7-17-28(18-8-22)33-32(38)34-29-19-15-25(16-20-29)24-11-13-26(14-12-24)30(35)21-27(31(36)37)10-9-23-5-3-2-4-6-23/h2-8,11-20,27H,9-10,21H2,1H3,(H,36,37)(H2,33,34,38). The molecule has 0 saturated carbocycles. The Labute approximate surface area is 222 Å². The number of carbonyl (C=O) groups is 3. The summed E-state index contributed by atoms with van der Waals surface area (Å²) in [5.74, 6) is -1.87. The topological polar surface area (TPSA) is 95.5 Å². The number of Topliss-reactive ketones (excluding diaryl/α,β-unsaturated/α-hetero) is 1. The van der Waals surface area contributed by atoms with Gasteiger partial charge >= 0.3 is 12.0 Å². The molecule has 0 fully saturated rings.